The fourth-order valence-corrected chi connectivity index (χ4v) is 2.72. The van der Waals surface area contributed by atoms with E-state index in [9.17, 15) is 4.39 Å². The van der Waals surface area contributed by atoms with Crippen molar-refractivity contribution in [3.05, 3.63) is 66.5 Å². The van der Waals surface area contributed by atoms with Crippen LogP contribution in [0.3, 0.4) is 0 Å². The summed E-state index contributed by atoms with van der Waals surface area (Å²) in [6.45, 7) is 0. The van der Waals surface area contributed by atoms with Gasteiger partial charge in [-0.05, 0) is 23.6 Å². The Hall–Kier alpha value is -2.88. The summed E-state index contributed by atoms with van der Waals surface area (Å²) in [5, 5.41) is 2.16. The average molecular weight is 277 g/mol. The molecule has 0 saturated carbocycles. The summed E-state index contributed by atoms with van der Waals surface area (Å²) in [6.07, 6.45) is 0. The van der Waals surface area contributed by atoms with Gasteiger partial charge >= 0.3 is 0 Å². The average Bonchev–Trinajstić information content (AvgIpc) is 2.82. The number of halogens is 1. The predicted octanol–water partition coefficient (Wildman–Crippen LogP) is 3.90. The number of nitrogen functional groups attached to an aromatic ring is 1. The van der Waals surface area contributed by atoms with Crippen molar-refractivity contribution < 1.29 is 4.39 Å². The van der Waals surface area contributed by atoms with Crippen molar-refractivity contribution in [2.45, 2.75) is 0 Å². The highest BCUT2D eigenvalue weighted by Crippen LogP contribution is 2.28. The molecule has 0 aliphatic heterocycles. The summed E-state index contributed by atoms with van der Waals surface area (Å²) in [5.41, 5.74) is 8.31. The van der Waals surface area contributed by atoms with Crippen LogP contribution in [0.5, 0.6) is 0 Å². The van der Waals surface area contributed by atoms with E-state index in [0.717, 1.165) is 16.5 Å². The van der Waals surface area contributed by atoms with Crippen LogP contribution >= 0.6 is 0 Å². The minimum absolute atomic E-state index is 0.302. The number of anilines is 1. The van der Waals surface area contributed by atoms with Crippen molar-refractivity contribution in [2.75, 3.05) is 5.73 Å². The first-order valence-electron chi connectivity index (χ1n) is 6.66. The molecule has 0 spiro atoms. The van der Waals surface area contributed by atoms with Gasteiger partial charge in [-0.25, -0.2) is 9.37 Å². The molecule has 3 aromatic carbocycles. The van der Waals surface area contributed by atoms with E-state index in [1.54, 1.807) is 10.6 Å². The van der Waals surface area contributed by atoms with E-state index in [2.05, 4.69) is 4.98 Å². The number of aromatic nitrogens is 2. The van der Waals surface area contributed by atoms with Crippen molar-refractivity contribution in [2.24, 2.45) is 0 Å². The van der Waals surface area contributed by atoms with Crippen LogP contribution in [-0.4, -0.2) is 9.55 Å². The minimum Gasteiger partial charge on any atom is -0.369 e. The molecule has 4 rings (SSSR count). The molecule has 3 nitrogen and oxygen atoms in total. The maximum absolute atomic E-state index is 13.6. The van der Waals surface area contributed by atoms with Gasteiger partial charge in [-0.15, -0.1) is 0 Å². The molecule has 0 amide bonds. The van der Waals surface area contributed by atoms with E-state index in [1.807, 2.05) is 42.5 Å². The third kappa shape index (κ3) is 1.76. The maximum Gasteiger partial charge on any atom is 0.205 e. The summed E-state index contributed by atoms with van der Waals surface area (Å²) in [5.74, 6) is 0.0517. The minimum atomic E-state index is -0.302. The van der Waals surface area contributed by atoms with Crippen LogP contribution in [0.2, 0.25) is 0 Å². The number of rotatable bonds is 1. The molecule has 21 heavy (non-hydrogen) atoms. The third-order valence-electron chi connectivity index (χ3n) is 3.65. The van der Waals surface area contributed by atoms with Gasteiger partial charge in [0.25, 0.3) is 0 Å². The zero-order valence-electron chi connectivity index (χ0n) is 11.1. The molecule has 2 N–H and O–H groups in total. The summed E-state index contributed by atoms with van der Waals surface area (Å²) in [6, 6.07) is 18.5. The molecule has 102 valence electrons. The summed E-state index contributed by atoms with van der Waals surface area (Å²) < 4.78 is 15.4. The molecule has 1 aromatic heterocycles. The second-order valence-corrected chi connectivity index (χ2v) is 4.94. The number of nitrogens with two attached hydrogens (primary N) is 1. The monoisotopic (exact) mass is 277 g/mol. The number of nitrogens with zero attached hydrogens (tertiary/aromatic N) is 2. The highest BCUT2D eigenvalue weighted by atomic mass is 19.1. The van der Waals surface area contributed by atoms with Gasteiger partial charge in [-0.2, -0.15) is 0 Å². The second-order valence-electron chi connectivity index (χ2n) is 4.94. The number of fused-ring (bicyclic) bond motifs is 2. The van der Waals surface area contributed by atoms with Crippen molar-refractivity contribution >= 4 is 27.8 Å². The zero-order chi connectivity index (χ0) is 14.4. The van der Waals surface area contributed by atoms with Crippen molar-refractivity contribution in [1.82, 2.24) is 9.55 Å². The first-order valence-corrected chi connectivity index (χ1v) is 6.66. The summed E-state index contributed by atoms with van der Waals surface area (Å²) in [7, 11) is 0. The molecule has 0 unspecified atom stereocenters. The molecule has 0 aliphatic carbocycles. The zero-order valence-corrected chi connectivity index (χ0v) is 11.1. The van der Waals surface area contributed by atoms with Crippen LogP contribution in [0.15, 0.2) is 60.7 Å². The Balaban J connectivity index is 2.14. The molecule has 1 heterocycles. The van der Waals surface area contributed by atoms with E-state index >= 15 is 0 Å². The number of benzene rings is 3. The fourth-order valence-electron chi connectivity index (χ4n) is 2.72. The van der Waals surface area contributed by atoms with Crippen LogP contribution in [0.25, 0.3) is 27.5 Å². The van der Waals surface area contributed by atoms with E-state index in [-0.39, 0.29) is 5.82 Å². The third-order valence-corrected chi connectivity index (χ3v) is 3.65. The molecule has 0 fully saturated rings. The lowest BCUT2D eigenvalue weighted by atomic mass is 10.1. The Morgan fingerprint density at radius 1 is 0.952 bits per heavy atom. The van der Waals surface area contributed by atoms with Gasteiger partial charge in [0.1, 0.15) is 5.82 Å². The van der Waals surface area contributed by atoms with Crippen LogP contribution in [0.4, 0.5) is 10.3 Å². The van der Waals surface area contributed by atoms with Gasteiger partial charge in [0.15, 0.2) is 0 Å². The number of hydrogen-bond donors (Lipinski definition) is 1. The Morgan fingerprint density at radius 3 is 2.67 bits per heavy atom. The molecule has 4 aromatic rings. The van der Waals surface area contributed by atoms with Crippen LogP contribution in [0.1, 0.15) is 0 Å². The largest absolute Gasteiger partial charge is 0.369 e. The normalized spacial score (nSPS) is 11.3. The molecule has 4 heteroatoms. The lowest BCUT2D eigenvalue weighted by molar-refractivity contribution is 0.629. The lowest BCUT2D eigenvalue weighted by Crippen LogP contribution is -2.01. The van der Waals surface area contributed by atoms with Crippen molar-refractivity contribution in [3.63, 3.8) is 0 Å². The molecular weight excluding hydrogens is 265 g/mol. The first kappa shape index (κ1) is 11.9. The predicted molar refractivity (Wildman–Crippen MR) is 82.9 cm³/mol. The Bertz CT molecular complexity index is 967. The maximum atomic E-state index is 13.6. The first-order chi connectivity index (χ1) is 10.2. The van der Waals surface area contributed by atoms with Crippen molar-refractivity contribution in [3.8, 4) is 5.69 Å². The SMILES string of the molecule is Nc1nc2ccc(F)cc2n1-c1cccc2ccccc12. The molecular formula is C17H12FN3. The Labute approximate surface area is 120 Å². The van der Waals surface area contributed by atoms with E-state index < -0.39 is 0 Å². The molecule has 0 bridgehead atoms. The second kappa shape index (κ2) is 4.31. The van der Waals surface area contributed by atoms with E-state index in [4.69, 9.17) is 5.73 Å². The molecule has 0 atom stereocenters. The summed E-state index contributed by atoms with van der Waals surface area (Å²) in [4.78, 5) is 4.31. The Morgan fingerprint density at radius 2 is 1.76 bits per heavy atom. The van der Waals surface area contributed by atoms with E-state index in [0.29, 0.717) is 17.0 Å². The molecule has 0 aliphatic rings. The topological polar surface area (TPSA) is 43.8 Å². The van der Waals surface area contributed by atoms with Crippen molar-refractivity contribution in [1.29, 1.82) is 0 Å². The number of imidazole rings is 1. The molecule has 0 saturated heterocycles. The molecule has 0 radical (unpaired) electrons. The smallest absolute Gasteiger partial charge is 0.205 e. The van der Waals surface area contributed by atoms with Gasteiger partial charge in [-0.1, -0.05) is 36.4 Å². The Kier molecular flexibility index (Phi) is 2.44. The van der Waals surface area contributed by atoms with Gasteiger partial charge in [0, 0.05) is 11.5 Å². The van der Waals surface area contributed by atoms with Gasteiger partial charge < -0.3 is 5.73 Å². The highest BCUT2D eigenvalue weighted by molar-refractivity contribution is 5.93. The van der Waals surface area contributed by atoms with Gasteiger partial charge in [0.05, 0.1) is 16.7 Å². The lowest BCUT2D eigenvalue weighted by Gasteiger charge is -2.10. The van der Waals surface area contributed by atoms with Crippen LogP contribution in [-0.2, 0) is 0 Å². The number of hydrogen-bond acceptors (Lipinski definition) is 2. The van der Waals surface area contributed by atoms with Gasteiger partial charge in [-0.3, -0.25) is 4.57 Å². The van der Waals surface area contributed by atoms with Crippen LogP contribution in [0, 0.1) is 5.82 Å². The quantitative estimate of drug-likeness (QED) is 0.573. The van der Waals surface area contributed by atoms with Gasteiger partial charge in [0.2, 0.25) is 5.95 Å². The van der Waals surface area contributed by atoms with E-state index in [1.165, 1.54) is 12.1 Å². The van der Waals surface area contributed by atoms with Crippen LogP contribution < -0.4 is 5.73 Å². The summed E-state index contributed by atoms with van der Waals surface area (Å²) >= 11 is 0. The highest BCUT2D eigenvalue weighted by Gasteiger charge is 2.12. The fraction of sp³-hybridized carbons (Fsp3) is 0. The standard InChI is InChI=1S/C17H12FN3/c18-12-8-9-14-16(10-12)21(17(19)20-14)15-7-3-5-11-4-1-2-6-13(11)15/h1-10H,(H2,19,20).